The maximum absolute atomic E-state index is 12.6. The Morgan fingerprint density at radius 3 is 2.44 bits per heavy atom. The average molecular weight is 290 g/mol. The molecule has 3 nitrogen and oxygen atoms in total. The second kappa shape index (κ2) is 5.47. The topological polar surface area (TPSA) is 39.2 Å². The van der Waals surface area contributed by atoms with Crippen LogP contribution < -0.4 is 4.74 Å². The Morgan fingerprint density at radius 1 is 1.44 bits per heavy atom. The molecule has 0 aliphatic heterocycles. The zero-order valence-electron chi connectivity index (χ0n) is 8.47. The van der Waals surface area contributed by atoms with Gasteiger partial charge in [0.2, 0.25) is 5.88 Å². The van der Waals surface area contributed by atoms with Gasteiger partial charge in [-0.15, -0.1) is 24.8 Å². The molecule has 1 aromatic rings. The van der Waals surface area contributed by atoms with Crippen molar-refractivity contribution in [3.8, 4) is 5.88 Å². The van der Waals surface area contributed by atoms with Gasteiger partial charge in [-0.25, -0.2) is 13.8 Å². The van der Waals surface area contributed by atoms with Gasteiger partial charge in [-0.05, 0) is 0 Å². The number of ether oxygens (including phenoxy) is 1. The highest BCUT2D eigenvalue weighted by atomic mass is 35.5. The molecule has 0 aliphatic rings. The van der Waals surface area contributed by atoms with Crippen LogP contribution in [0.2, 0.25) is 0 Å². The van der Waals surface area contributed by atoms with Gasteiger partial charge in [0.1, 0.15) is 0 Å². The molecule has 1 heterocycles. The Morgan fingerprint density at radius 2 is 2.06 bits per heavy atom. The van der Waals surface area contributed by atoms with Gasteiger partial charge in [0.05, 0.1) is 11.6 Å². The van der Waals surface area contributed by atoms with E-state index in [1.54, 1.807) is 0 Å². The van der Waals surface area contributed by atoms with Crippen molar-refractivity contribution >= 4 is 17.9 Å². The van der Waals surface area contributed by atoms with Crippen LogP contribution in [-0.4, -0.2) is 17.6 Å². The number of halogens is 6. The first kappa shape index (κ1) is 14.6. The van der Waals surface area contributed by atoms with Crippen LogP contribution in [0.15, 0.2) is 6.07 Å². The van der Waals surface area contributed by atoms with Crippen LogP contribution in [0.5, 0.6) is 5.88 Å². The molecular formula is C9H5ClF5NO2. The van der Waals surface area contributed by atoms with E-state index in [4.69, 9.17) is 11.6 Å². The Balaban J connectivity index is 3.32. The number of carbonyl (C=O) groups excluding carboxylic acids is 1. The molecule has 0 radical (unpaired) electrons. The summed E-state index contributed by atoms with van der Waals surface area (Å²) >= 11 is 5.33. The number of hydrogen-bond acceptors (Lipinski definition) is 3. The van der Waals surface area contributed by atoms with E-state index >= 15 is 0 Å². The molecule has 0 saturated carbocycles. The number of aromatic nitrogens is 1. The van der Waals surface area contributed by atoms with Crippen molar-refractivity contribution in [1.82, 2.24) is 4.98 Å². The minimum absolute atomic E-state index is 0.0591. The van der Waals surface area contributed by atoms with E-state index in [0.29, 0.717) is 6.07 Å². The molecule has 0 bridgehead atoms. The quantitative estimate of drug-likeness (QED) is 0.484. The summed E-state index contributed by atoms with van der Waals surface area (Å²) < 4.78 is 64.4. The normalized spacial score (nSPS) is 11.7. The average Bonchev–Trinajstić information content (AvgIpc) is 2.25. The minimum atomic E-state index is -5.07. The number of alkyl halides is 6. The molecule has 0 saturated heterocycles. The third-order valence-corrected chi connectivity index (χ3v) is 2.10. The highest BCUT2D eigenvalue weighted by Gasteiger charge is 2.33. The third-order valence-electron chi connectivity index (χ3n) is 1.85. The largest absolute Gasteiger partial charge is 0.574 e. The number of nitrogens with zero attached hydrogens (tertiary/aromatic N) is 1. The van der Waals surface area contributed by atoms with Gasteiger partial charge in [-0.1, -0.05) is 0 Å². The smallest absolute Gasteiger partial charge is 0.388 e. The molecule has 0 N–H and O–H groups in total. The van der Waals surface area contributed by atoms with Crippen LogP contribution in [0.1, 0.15) is 28.0 Å². The summed E-state index contributed by atoms with van der Waals surface area (Å²) in [7, 11) is 0. The number of hydrogen-bond donors (Lipinski definition) is 0. The number of rotatable bonds is 4. The summed E-state index contributed by atoms with van der Waals surface area (Å²) in [6.45, 7) is 0. The Hall–Kier alpha value is -1.44. The fraction of sp³-hybridized carbons (Fsp3) is 0.333. The summed E-state index contributed by atoms with van der Waals surface area (Å²) in [5, 5.41) is 0. The van der Waals surface area contributed by atoms with E-state index < -0.39 is 41.4 Å². The van der Waals surface area contributed by atoms with Crippen molar-refractivity contribution in [3.05, 3.63) is 22.9 Å². The predicted octanol–water partition coefficient (Wildman–Crippen LogP) is 3.47. The zero-order chi connectivity index (χ0) is 13.9. The molecule has 0 amide bonds. The molecule has 18 heavy (non-hydrogen) atoms. The first-order valence-corrected chi connectivity index (χ1v) is 4.90. The number of carbonyl (C=O) groups is 1. The highest BCUT2D eigenvalue weighted by Crippen LogP contribution is 2.30. The lowest BCUT2D eigenvalue weighted by Gasteiger charge is -2.12. The molecule has 1 aromatic heterocycles. The van der Waals surface area contributed by atoms with Crippen molar-refractivity contribution in [1.29, 1.82) is 0 Å². The molecule has 0 unspecified atom stereocenters. The van der Waals surface area contributed by atoms with Crippen molar-refractivity contribution in [2.24, 2.45) is 0 Å². The maximum atomic E-state index is 12.6. The summed E-state index contributed by atoms with van der Waals surface area (Å²) in [4.78, 5) is 13.9. The van der Waals surface area contributed by atoms with E-state index in [9.17, 15) is 26.7 Å². The van der Waals surface area contributed by atoms with Crippen LogP contribution in [0, 0.1) is 0 Å². The lowest BCUT2D eigenvalue weighted by Crippen LogP contribution is -2.19. The molecule has 0 aromatic carbocycles. The lowest BCUT2D eigenvalue weighted by molar-refractivity contribution is -0.276. The number of pyridine rings is 1. The summed E-state index contributed by atoms with van der Waals surface area (Å²) in [5.41, 5.74) is -1.84. The van der Waals surface area contributed by atoms with Gasteiger partial charge in [0.25, 0.3) is 6.43 Å². The fourth-order valence-electron chi connectivity index (χ4n) is 1.19. The standard InChI is InChI=1S/C9H5ClF5NO2/c10-2-6-5(3-17)4(8(11)12)1-7(16-6)18-9(13,14)15/h1,3,8H,2H2. The molecular weight excluding hydrogens is 285 g/mol. The lowest BCUT2D eigenvalue weighted by atomic mass is 10.1. The third kappa shape index (κ3) is 3.52. The highest BCUT2D eigenvalue weighted by molar-refractivity contribution is 6.17. The van der Waals surface area contributed by atoms with Crippen LogP contribution in [0.4, 0.5) is 22.0 Å². The van der Waals surface area contributed by atoms with Gasteiger partial charge < -0.3 is 4.74 Å². The Kier molecular flexibility index (Phi) is 4.44. The SMILES string of the molecule is O=Cc1c(C(F)F)cc(OC(F)(F)F)nc1CCl. The molecule has 100 valence electrons. The van der Waals surface area contributed by atoms with Crippen LogP contribution in [0.25, 0.3) is 0 Å². The van der Waals surface area contributed by atoms with E-state index in [1.165, 1.54) is 0 Å². The Bertz CT molecular complexity index is 449. The van der Waals surface area contributed by atoms with E-state index in [-0.39, 0.29) is 6.29 Å². The van der Waals surface area contributed by atoms with Crippen molar-refractivity contribution in [2.75, 3.05) is 0 Å². The molecule has 0 aliphatic carbocycles. The van der Waals surface area contributed by atoms with Gasteiger partial charge >= 0.3 is 6.36 Å². The van der Waals surface area contributed by atoms with Gasteiger partial charge in [0, 0.05) is 17.2 Å². The summed E-state index contributed by atoms with van der Waals surface area (Å²) in [6.07, 6.45) is -8.16. The summed E-state index contributed by atoms with van der Waals surface area (Å²) in [5.74, 6) is -1.58. The Labute approximate surface area is 103 Å². The van der Waals surface area contributed by atoms with Crippen molar-refractivity contribution in [2.45, 2.75) is 18.7 Å². The monoisotopic (exact) mass is 289 g/mol. The summed E-state index contributed by atoms with van der Waals surface area (Å²) in [6, 6.07) is 0.359. The van der Waals surface area contributed by atoms with E-state index in [0.717, 1.165) is 0 Å². The van der Waals surface area contributed by atoms with Gasteiger partial charge in [0.15, 0.2) is 6.29 Å². The maximum Gasteiger partial charge on any atom is 0.574 e. The van der Waals surface area contributed by atoms with Crippen LogP contribution in [0.3, 0.4) is 0 Å². The van der Waals surface area contributed by atoms with Crippen molar-refractivity contribution in [3.63, 3.8) is 0 Å². The second-order valence-electron chi connectivity index (χ2n) is 3.01. The fourth-order valence-corrected chi connectivity index (χ4v) is 1.40. The molecule has 0 spiro atoms. The molecule has 1 rings (SSSR count). The van der Waals surface area contributed by atoms with Crippen LogP contribution in [-0.2, 0) is 5.88 Å². The zero-order valence-corrected chi connectivity index (χ0v) is 9.23. The molecule has 0 atom stereocenters. The molecule has 9 heteroatoms. The second-order valence-corrected chi connectivity index (χ2v) is 3.28. The van der Waals surface area contributed by atoms with E-state index in [2.05, 4.69) is 9.72 Å². The van der Waals surface area contributed by atoms with Crippen molar-refractivity contribution < 1.29 is 31.5 Å². The number of aldehydes is 1. The molecule has 0 fully saturated rings. The van der Waals surface area contributed by atoms with Crippen LogP contribution >= 0.6 is 11.6 Å². The van der Waals surface area contributed by atoms with Gasteiger partial charge in [-0.3, -0.25) is 4.79 Å². The van der Waals surface area contributed by atoms with E-state index in [1.807, 2.05) is 0 Å². The first-order chi connectivity index (χ1) is 8.28. The first-order valence-electron chi connectivity index (χ1n) is 4.37. The predicted molar refractivity (Wildman–Crippen MR) is 50.8 cm³/mol. The van der Waals surface area contributed by atoms with Gasteiger partial charge in [-0.2, -0.15) is 0 Å². The minimum Gasteiger partial charge on any atom is -0.388 e.